The van der Waals surface area contributed by atoms with E-state index < -0.39 is 0 Å². The van der Waals surface area contributed by atoms with Gasteiger partial charge in [0.05, 0.1) is 19.3 Å². The molecule has 0 bridgehead atoms. The predicted molar refractivity (Wildman–Crippen MR) is 86.0 cm³/mol. The maximum absolute atomic E-state index is 11.8. The zero-order valence-corrected chi connectivity index (χ0v) is 13.7. The summed E-state index contributed by atoms with van der Waals surface area (Å²) in [6.45, 7) is 8.72. The Morgan fingerprint density at radius 2 is 2.05 bits per heavy atom. The average Bonchev–Trinajstić information content (AvgIpc) is 2.43. The quantitative estimate of drug-likeness (QED) is 0.760. The number of nitrogens with one attached hydrogen (secondary N) is 1. The van der Waals surface area contributed by atoms with E-state index in [-0.39, 0.29) is 12.0 Å². The number of benzene rings is 1. The van der Waals surface area contributed by atoms with Crippen LogP contribution in [0.5, 0.6) is 0 Å². The highest BCUT2D eigenvalue weighted by Gasteiger charge is 2.05. The summed E-state index contributed by atoms with van der Waals surface area (Å²) in [5.41, 5.74) is 2.24. The second kappa shape index (κ2) is 9.53. The second-order valence-electron chi connectivity index (χ2n) is 5.69. The molecule has 21 heavy (non-hydrogen) atoms. The minimum Gasteiger partial charge on any atom is -0.374 e. The number of likely N-dealkylation sites (N-methyl/N-ethyl adjacent to an activating group) is 1. The number of ether oxygens (including phenoxy) is 1. The van der Waals surface area contributed by atoms with E-state index in [1.54, 1.807) is 0 Å². The highest BCUT2D eigenvalue weighted by Crippen LogP contribution is 2.07. The zero-order valence-electron chi connectivity index (χ0n) is 13.7. The Kier molecular flexibility index (Phi) is 8.01. The fraction of sp³-hybridized carbons (Fsp3) is 0.588. The lowest BCUT2D eigenvalue weighted by Crippen LogP contribution is -2.35. The van der Waals surface area contributed by atoms with Crippen LogP contribution in [0.3, 0.4) is 0 Å². The van der Waals surface area contributed by atoms with Crippen molar-refractivity contribution in [1.82, 2.24) is 10.2 Å². The number of nitrogens with zero attached hydrogens (tertiary/aromatic N) is 1. The van der Waals surface area contributed by atoms with Crippen molar-refractivity contribution in [3.05, 3.63) is 35.4 Å². The summed E-state index contributed by atoms with van der Waals surface area (Å²) in [6.07, 6.45) is 1.28. The van der Waals surface area contributed by atoms with Gasteiger partial charge in [-0.05, 0) is 45.0 Å². The minimum atomic E-state index is 0.0646. The van der Waals surface area contributed by atoms with E-state index in [4.69, 9.17) is 4.74 Å². The summed E-state index contributed by atoms with van der Waals surface area (Å²) in [4.78, 5) is 13.9. The fourth-order valence-electron chi connectivity index (χ4n) is 2.05. The van der Waals surface area contributed by atoms with Crippen LogP contribution in [0.15, 0.2) is 24.3 Å². The van der Waals surface area contributed by atoms with Gasteiger partial charge >= 0.3 is 0 Å². The van der Waals surface area contributed by atoms with Gasteiger partial charge in [0.2, 0.25) is 5.91 Å². The molecular weight excluding hydrogens is 264 g/mol. The SMILES string of the molecule is CCCN(C)CC(=O)NCc1cccc(COC(C)C)c1. The lowest BCUT2D eigenvalue weighted by atomic mass is 10.1. The van der Waals surface area contributed by atoms with E-state index in [0.717, 1.165) is 24.1 Å². The van der Waals surface area contributed by atoms with Crippen LogP contribution in [-0.4, -0.2) is 37.0 Å². The van der Waals surface area contributed by atoms with Crippen molar-refractivity contribution in [3.8, 4) is 0 Å². The van der Waals surface area contributed by atoms with E-state index in [0.29, 0.717) is 19.7 Å². The first-order valence-corrected chi connectivity index (χ1v) is 7.66. The Bertz CT molecular complexity index is 433. The summed E-state index contributed by atoms with van der Waals surface area (Å²) in [7, 11) is 1.97. The number of hydrogen-bond acceptors (Lipinski definition) is 3. The molecule has 0 aliphatic rings. The van der Waals surface area contributed by atoms with Crippen molar-refractivity contribution in [1.29, 1.82) is 0 Å². The van der Waals surface area contributed by atoms with Crippen LogP contribution in [-0.2, 0) is 22.7 Å². The number of carbonyl (C=O) groups is 1. The van der Waals surface area contributed by atoms with Gasteiger partial charge in [-0.25, -0.2) is 0 Å². The largest absolute Gasteiger partial charge is 0.374 e. The van der Waals surface area contributed by atoms with Crippen molar-refractivity contribution in [2.75, 3.05) is 20.1 Å². The van der Waals surface area contributed by atoms with Gasteiger partial charge in [0, 0.05) is 6.54 Å². The Balaban J connectivity index is 2.40. The normalized spacial score (nSPS) is 11.1. The van der Waals surface area contributed by atoms with Crippen molar-refractivity contribution >= 4 is 5.91 Å². The van der Waals surface area contributed by atoms with Gasteiger partial charge in [0.1, 0.15) is 0 Å². The van der Waals surface area contributed by atoms with Crippen LogP contribution in [0.25, 0.3) is 0 Å². The van der Waals surface area contributed by atoms with E-state index in [1.807, 2.05) is 44.0 Å². The summed E-state index contributed by atoms with van der Waals surface area (Å²) >= 11 is 0. The molecular formula is C17H28N2O2. The molecule has 1 aromatic carbocycles. The highest BCUT2D eigenvalue weighted by molar-refractivity contribution is 5.77. The number of amides is 1. The van der Waals surface area contributed by atoms with Crippen molar-refractivity contribution in [2.24, 2.45) is 0 Å². The monoisotopic (exact) mass is 292 g/mol. The minimum absolute atomic E-state index is 0.0646. The van der Waals surface area contributed by atoms with Gasteiger partial charge in [-0.15, -0.1) is 0 Å². The first-order chi connectivity index (χ1) is 10.0. The first kappa shape index (κ1) is 17.7. The molecule has 4 heteroatoms. The van der Waals surface area contributed by atoms with Gasteiger partial charge in [-0.3, -0.25) is 9.69 Å². The summed E-state index contributed by atoms with van der Waals surface area (Å²) < 4.78 is 5.59. The molecule has 0 atom stereocenters. The number of rotatable bonds is 9. The third kappa shape index (κ3) is 7.83. The average molecular weight is 292 g/mol. The van der Waals surface area contributed by atoms with Crippen LogP contribution in [0.2, 0.25) is 0 Å². The maximum Gasteiger partial charge on any atom is 0.234 e. The zero-order chi connectivity index (χ0) is 15.7. The molecule has 1 amide bonds. The first-order valence-electron chi connectivity index (χ1n) is 7.66. The molecule has 0 fully saturated rings. The molecule has 0 heterocycles. The Hall–Kier alpha value is -1.39. The molecule has 0 saturated carbocycles. The Morgan fingerprint density at radius 3 is 2.71 bits per heavy atom. The molecule has 1 N–H and O–H groups in total. The molecule has 0 spiro atoms. The van der Waals surface area contributed by atoms with E-state index in [1.165, 1.54) is 0 Å². The van der Waals surface area contributed by atoms with E-state index >= 15 is 0 Å². The van der Waals surface area contributed by atoms with Crippen LogP contribution < -0.4 is 5.32 Å². The molecule has 0 saturated heterocycles. The lowest BCUT2D eigenvalue weighted by molar-refractivity contribution is -0.122. The summed E-state index contributed by atoms with van der Waals surface area (Å²) in [5.74, 6) is 0.0646. The van der Waals surface area contributed by atoms with Crippen LogP contribution in [0, 0.1) is 0 Å². The van der Waals surface area contributed by atoms with Gasteiger partial charge in [-0.1, -0.05) is 31.2 Å². The smallest absolute Gasteiger partial charge is 0.234 e. The lowest BCUT2D eigenvalue weighted by Gasteiger charge is -2.15. The molecule has 0 radical (unpaired) electrons. The van der Waals surface area contributed by atoms with Gasteiger partial charge in [0.25, 0.3) is 0 Å². The van der Waals surface area contributed by atoms with Gasteiger partial charge in [-0.2, -0.15) is 0 Å². The molecule has 118 valence electrons. The molecule has 4 nitrogen and oxygen atoms in total. The number of carbonyl (C=O) groups excluding carboxylic acids is 1. The summed E-state index contributed by atoms with van der Waals surface area (Å²) in [6, 6.07) is 8.15. The van der Waals surface area contributed by atoms with E-state index in [9.17, 15) is 4.79 Å². The number of hydrogen-bond donors (Lipinski definition) is 1. The molecule has 0 unspecified atom stereocenters. The summed E-state index contributed by atoms with van der Waals surface area (Å²) in [5, 5.41) is 2.96. The Morgan fingerprint density at radius 1 is 1.33 bits per heavy atom. The van der Waals surface area contributed by atoms with Crippen LogP contribution in [0.4, 0.5) is 0 Å². The second-order valence-corrected chi connectivity index (χ2v) is 5.69. The topological polar surface area (TPSA) is 41.6 Å². The van der Waals surface area contributed by atoms with E-state index in [2.05, 4.69) is 18.3 Å². The Labute approximate surface area is 128 Å². The maximum atomic E-state index is 11.8. The molecule has 1 aromatic rings. The molecule has 0 aliphatic heterocycles. The standard InChI is InChI=1S/C17H28N2O2/c1-5-9-19(4)12-17(20)18-11-15-7-6-8-16(10-15)13-21-14(2)3/h6-8,10,14H,5,9,11-13H2,1-4H3,(H,18,20). The van der Waals surface area contributed by atoms with Crippen LogP contribution >= 0.6 is 0 Å². The third-order valence-electron chi connectivity index (χ3n) is 3.08. The molecule has 1 rings (SSSR count). The highest BCUT2D eigenvalue weighted by atomic mass is 16.5. The third-order valence-corrected chi connectivity index (χ3v) is 3.08. The van der Waals surface area contributed by atoms with Crippen molar-refractivity contribution in [3.63, 3.8) is 0 Å². The molecule has 0 aliphatic carbocycles. The van der Waals surface area contributed by atoms with Crippen LogP contribution in [0.1, 0.15) is 38.3 Å². The predicted octanol–water partition coefficient (Wildman–Crippen LogP) is 2.57. The fourth-order valence-corrected chi connectivity index (χ4v) is 2.05. The van der Waals surface area contributed by atoms with Gasteiger partial charge < -0.3 is 10.1 Å². The van der Waals surface area contributed by atoms with Gasteiger partial charge in [0.15, 0.2) is 0 Å². The van der Waals surface area contributed by atoms with Crippen molar-refractivity contribution in [2.45, 2.75) is 46.4 Å². The van der Waals surface area contributed by atoms with Crippen molar-refractivity contribution < 1.29 is 9.53 Å². The molecule has 0 aromatic heterocycles.